The highest BCUT2D eigenvalue weighted by molar-refractivity contribution is 6.02. The molecular formula is C12H7F3N2O4. The molecule has 2 rings (SSSR count). The molecule has 6 nitrogen and oxygen atoms in total. The molecule has 1 heterocycles. The Morgan fingerprint density at radius 1 is 1.43 bits per heavy atom. The third-order valence-electron chi connectivity index (χ3n) is 3.13. The lowest BCUT2D eigenvalue weighted by Gasteiger charge is -2.25. The molecule has 2 N–H and O–H groups in total. The Bertz CT molecular complexity index is 686. The molecule has 0 saturated heterocycles. The van der Waals surface area contributed by atoms with Gasteiger partial charge in [0.25, 0.3) is 5.91 Å². The molecule has 21 heavy (non-hydrogen) atoms. The summed E-state index contributed by atoms with van der Waals surface area (Å²) < 4.78 is 40.1. The number of benzene rings is 1. The van der Waals surface area contributed by atoms with Gasteiger partial charge in [0.15, 0.2) is 23.5 Å². The maximum Gasteiger partial charge on any atom is 0.328 e. The fourth-order valence-electron chi connectivity index (χ4n) is 2.18. The molecule has 110 valence electrons. The van der Waals surface area contributed by atoms with Crippen LogP contribution in [0.4, 0.5) is 13.2 Å². The van der Waals surface area contributed by atoms with Crippen molar-refractivity contribution in [3.8, 4) is 6.07 Å². The topological polar surface area (TPSA) is 102 Å². The number of aliphatic carboxylic acids is 1. The third kappa shape index (κ3) is 2.00. The van der Waals surface area contributed by atoms with Crippen LogP contribution in [0, 0.1) is 28.8 Å². The van der Waals surface area contributed by atoms with Gasteiger partial charge in [0, 0.05) is 5.56 Å². The second kappa shape index (κ2) is 5.06. The summed E-state index contributed by atoms with van der Waals surface area (Å²) in [4.78, 5) is 23.4. The second-order valence-electron chi connectivity index (χ2n) is 4.23. The molecule has 1 aliphatic rings. The van der Waals surface area contributed by atoms with Crippen LogP contribution in [0.2, 0.25) is 0 Å². The summed E-state index contributed by atoms with van der Waals surface area (Å²) in [6.07, 6.45) is 0. The van der Waals surface area contributed by atoms with Crippen molar-refractivity contribution < 1.29 is 33.0 Å². The second-order valence-corrected chi connectivity index (χ2v) is 4.23. The van der Waals surface area contributed by atoms with Gasteiger partial charge in [0.2, 0.25) is 0 Å². The van der Waals surface area contributed by atoms with Gasteiger partial charge in [0.05, 0.1) is 18.2 Å². The number of aliphatic hydroxyl groups excluding tert-OH is 1. The van der Waals surface area contributed by atoms with Crippen LogP contribution in [0.15, 0.2) is 6.07 Å². The Hall–Kier alpha value is -2.60. The van der Waals surface area contributed by atoms with Gasteiger partial charge in [-0.3, -0.25) is 4.79 Å². The fraction of sp³-hybridized carbons (Fsp3) is 0.250. The minimum atomic E-state index is -1.89. The predicted octanol–water partition coefficient (Wildman–Crippen LogP) is 0.570. The largest absolute Gasteiger partial charge is 0.480 e. The summed E-state index contributed by atoms with van der Waals surface area (Å²) in [5, 5.41) is 27.0. The zero-order valence-electron chi connectivity index (χ0n) is 10.2. The molecule has 1 aliphatic heterocycles. The van der Waals surface area contributed by atoms with E-state index in [-0.39, 0.29) is 0 Å². The molecule has 9 heteroatoms. The first-order valence-corrected chi connectivity index (χ1v) is 5.58. The Morgan fingerprint density at radius 2 is 2.05 bits per heavy atom. The van der Waals surface area contributed by atoms with E-state index in [0.717, 1.165) is 0 Å². The highest BCUT2D eigenvalue weighted by Crippen LogP contribution is 2.37. The average molecular weight is 300 g/mol. The number of carbonyl (C=O) groups is 2. The number of carboxylic acid groups (broad SMARTS) is 1. The summed E-state index contributed by atoms with van der Waals surface area (Å²) in [5.74, 6) is -8.22. The van der Waals surface area contributed by atoms with Crippen molar-refractivity contribution in [2.45, 2.75) is 12.1 Å². The van der Waals surface area contributed by atoms with Crippen molar-refractivity contribution in [2.24, 2.45) is 0 Å². The molecule has 1 aromatic rings. The maximum absolute atomic E-state index is 13.7. The highest BCUT2D eigenvalue weighted by atomic mass is 19.2. The summed E-state index contributed by atoms with van der Waals surface area (Å²) in [7, 11) is 0. The van der Waals surface area contributed by atoms with Crippen molar-refractivity contribution >= 4 is 11.9 Å². The first-order chi connectivity index (χ1) is 9.84. The lowest BCUT2D eigenvalue weighted by atomic mass is 10.0. The minimum absolute atomic E-state index is 0.384. The van der Waals surface area contributed by atoms with Crippen molar-refractivity contribution in [1.29, 1.82) is 5.26 Å². The lowest BCUT2D eigenvalue weighted by molar-refractivity contribution is -0.144. The van der Waals surface area contributed by atoms with E-state index in [4.69, 9.17) is 15.5 Å². The van der Waals surface area contributed by atoms with Gasteiger partial charge in [-0.2, -0.15) is 5.26 Å². The van der Waals surface area contributed by atoms with Gasteiger partial charge >= 0.3 is 5.97 Å². The van der Waals surface area contributed by atoms with Crippen LogP contribution in [0.1, 0.15) is 22.0 Å². The molecule has 0 fully saturated rings. The standard InChI is InChI=1S/C12H7F3N2O4/c13-5-1-4-6(2-16)17(7(3-18)12(20)21)11(19)8(4)10(15)9(5)14/h1,6-7,18H,3H2,(H,20,21). The van der Waals surface area contributed by atoms with Gasteiger partial charge in [-0.15, -0.1) is 0 Å². The van der Waals surface area contributed by atoms with Crippen LogP contribution in [-0.4, -0.2) is 39.6 Å². The molecule has 0 aromatic heterocycles. The molecule has 1 amide bonds. The number of aliphatic hydroxyl groups is 1. The van der Waals surface area contributed by atoms with Gasteiger partial charge in [0.1, 0.15) is 6.04 Å². The van der Waals surface area contributed by atoms with Crippen LogP contribution >= 0.6 is 0 Å². The first kappa shape index (κ1) is 14.8. The fourth-order valence-corrected chi connectivity index (χ4v) is 2.18. The maximum atomic E-state index is 13.7. The van der Waals surface area contributed by atoms with Gasteiger partial charge in [-0.05, 0) is 6.07 Å². The van der Waals surface area contributed by atoms with E-state index in [1.807, 2.05) is 0 Å². The molecule has 0 spiro atoms. The van der Waals surface area contributed by atoms with E-state index in [0.29, 0.717) is 11.0 Å². The molecular weight excluding hydrogens is 293 g/mol. The lowest BCUT2D eigenvalue weighted by Crippen LogP contribution is -2.45. The van der Waals surface area contributed by atoms with Crippen molar-refractivity contribution in [1.82, 2.24) is 4.90 Å². The smallest absolute Gasteiger partial charge is 0.328 e. The Balaban J connectivity index is 2.66. The van der Waals surface area contributed by atoms with E-state index in [1.165, 1.54) is 6.07 Å². The molecule has 0 radical (unpaired) electrons. The number of carbonyl (C=O) groups excluding carboxylic acids is 1. The Morgan fingerprint density at radius 3 is 2.52 bits per heavy atom. The molecule has 0 aliphatic carbocycles. The number of halogens is 3. The van der Waals surface area contributed by atoms with Crippen molar-refractivity contribution in [3.05, 3.63) is 34.6 Å². The van der Waals surface area contributed by atoms with E-state index in [1.54, 1.807) is 0 Å². The number of nitrogens with zero attached hydrogens (tertiary/aromatic N) is 2. The first-order valence-electron chi connectivity index (χ1n) is 5.58. The van der Waals surface area contributed by atoms with Crippen LogP contribution in [0.25, 0.3) is 0 Å². The quantitative estimate of drug-likeness (QED) is 0.795. The van der Waals surface area contributed by atoms with Crippen LogP contribution in [-0.2, 0) is 4.79 Å². The van der Waals surface area contributed by atoms with E-state index < -0.39 is 59.1 Å². The minimum Gasteiger partial charge on any atom is -0.480 e. The number of fused-ring (bicyclic) bond motifs is 1. The van der Waals surface area contributed by atoms with Gasteiger partial charge in [-0.1, -0.05) is 0 Å². The number of hydrogen-bond acceptors (Lipinski definition) is 4. The van der Waals surface area contributed by atoms with Crippen LogP contribution in [0.5, 0.6) is 0 Å². The van der Waals surface area contributed by atoms with E-state index in [9.17, 15) is 22.8 Å². The van der Waals surface area contributed by atoms with Crippen molar-refractivity contribution in [3.63, 3.8) is 0 Å². The average Bonchev–Trinajstić information content (AvgIpc) is 2.69. The molecule has 2 unspecified atom stereocenters. The number of hydrogen-bond donors (Lipinski definition) is 2. The zero-order valence-corrected chi connectivity index (χ0v) is 10.2. The number of rotatable bonds is 3. The summed E-state index contributed by atoms with van der Waals surface area (Å²) in [5.41, 5.74) is -1.38. The molecule has 0 bridgehead atoms. The summed E-state index contributed by atoms with van der Waals surface area (Å²) >= 11 is 0. The number of nitriles is 1. The van der Waals surface area contributed by atoms with Gasteiger partial charge in [-0.25, -0.2) is 18.0 Å². The van der Waals surface area contributed by atoms with Crippen LogP contribution < -0.4 is 0 Å². The normalized spacial score (nSPS) is 18.3. The Kier molecular flexibility index (Phi) is 3.57. The molecule has 1 aromatic carbocycles. The SMILES string of the molecule is N#CC1c2cc(F)c(F)c(F)c2C(=O)N1C(CO)C(=O)O. The summed E-state index contributed by atoms with van der Waals surface area (Å²) in [6.45, 7) is -1.04. The predicted molar refractivity (Wildman–Crippen MR) is 59.3 cm³/mol. The summed E-state index contributed by atoms with van der Waals surface area (Å²) in [6, 6.07) is -1.48. The van der Waals surface area contributed by atoms with E-state index in [2.05, 4.69) is 0 Å². The number of amides is 1. The Labute approximate surface area is 115 Å². The van der Waals surface area contributed by atoms with E-state index >= 15 is 0 Å². The zero-order chi connectivity index (χ0) is 15.9. The molecule has 2 atom stereocenters. The van der Waals surface area contributed by atoms with Crippen LogP contribution in [0.3, 0.4) is 0 Å². The third-order valence-corrected chi connectivity index (χ3v) is 3.13. The monoisotopic (exact) mass is 300 g/mol. The number of carboxylic acids is 1. The molecule has 0 saturated carbocycles. The highest BCUT2D eigenvalue weighted by Gasteiger charge is 2.46. The van der Waals surface area contributed by atoms with Crippen molar-refractivity contribution in [2.75, 3.05) is 6.61 Å². The van der Waals surface area contributed by atoms with Gasteiger partial charge < -0.3 is 15.1 Å².